The number of hydrogen-bond acceptors (Lipinski definition) is 6. The summed E-state index contributed by atoms with van der Waals surface area (Å²) in [4.78, 5) is 49.3. The number of hydrogen-bond donors (Lipinski definition) is 4. The summed E-state index contributed by atoms with van der Waals surface area (Å²) in [5, 5.41) is 20.1. The highest BCUT2D eigenvalue weighted by Crippen LogP contribution is 2.15. The molecule has 0 aliphatic heterocycles. The first-order valence-corrected chi connectivity index (χ1v) is 13.8. The van der Waals surface area contributed by atoms with E-state index in [2.05, 4.69) is 20.7 Å². The monoisotopic (exact) mass is 553 g/mol. The van der Waals surface area contributed by atoms with Crippen LogP contribution in [0.25, 0.3) is 0 Å². The lowest BCUT2D eigenvalue weighted by Gasteiger charge is -2.30. The molecule has 4 N–H and O–H groups in total. The van der Waals surface area contributed by atoms with Crippen LogP contribution < -0.4 is 16.0 Å². The van der Waals surface area contributed by atoms with Crippen molar-refractivity contribution >= 4 is 23.7 Å². The van der Waals surface area contributed by atoms with E-state index in [4.69, 9.17) is 0 Å². The SMILES string of the molecule is COC(=O)CCC(=O)N[C@@H](Cc1ccccc1)C[C@H](O)[C@H](Cc1ccccc1)NC(=O)[C@H](CC(C)C)NC(C)=O. The number of ether oxygens (including phenoxy) is 1. The van der Waals surface area contributed by atoms with E-state index in [1.807, 2.05) is 74.5 Å². The molecule has 9 heteroatoms. The molecule has 40 heavy (non-hydrogen) atoms. The van der Waals surface area contributed by atoms with Gasteiger partial charge in [0.05, 0.1) is 25.7 Å². The van der Waals surface area contributed by atoms with Crippen LogP contribution in [0.4, 0.5) is 0 Å². The molecular weight excluding hydrogens is 510 g/mol. The second-order valence-electron chi connectivity index (χ2n) is 10.5. The summed E-state index contributed by atoms with van der Waals surface area (Å²) in [6, 6.07) is 17.2. The molecule has 2 aromatic carbocycles. The molecule has 3 amide bonds. The Hall–Kier alpha value is -3.72. The standard InChI is InChI=1S/C31H43N3O6/c1-21(2)17-27(32-22(3)35)31(39)34-26(19-24-13-9-6-10-14-24)28(36)20-25(18-23-11-7-5-8-12-23)33-29(37)15-16-30(38)40-4/h5-14,21,25-28,36H,15-20H2,1-4H3,(H,32,35)(H,33,37)(H,34,39)/t25-,26-,27-,28-/m0/s1. The number of rotatable bonds is 16. The molecule has 0 aliphatic carbocycles. The minimum absolute atomic E-state index is 0.0359. The highest BCUT2D eigenvalue weighted by molar-refractivity contribution is 5.87. The minimum atomic E-state index is -1.02. The van der Waals surface area contributed by atoms with Gasteiger partial charge < -0.3 is 25.8 Å². The van der Waals surface area contributed by atoms with E-state index in [1.54, 1.807) is 0 Å². The van der Waals surface area contributed by atoms with E-state index in [9.17, 15) is 24.3 Å². The first-order valence-electron chi connectivity index (χ1n) is 13.8. The number of aliphatic hydroxyl groups excluding tert-OH is 1. The van der Waals surface area contributed by atoms with Gasteiger partial charge in [-0.05, 0) is 42.7 Å². The molecule has 0 aliphatic rings. The predicted molar refractivity (Wildman–Crippen MR) is 153 cm³/mol. The number of benzene rings is 2. The van der Waals surface area contributed by atoms with Crippen molar-refractivity contribution in [2.75, 3.05) is 7.11 Å². The van der Waals surface area contributed by atoms with Gasteiger partial charge in [0, 0.05) is 19.4 Å². The lowest BCUT2D eigenvalue weighted by Crippen LogP contribution is -2.54. The van der Waals surface area contributed by atoms with Gasteiger partial charge in [0.1, 0.15) is 6.04 Å². The molecule has 0 heterocycles. The van der Waals surface area contributed by atoms with E-state index in [0.717, 1.165) is 11.1 Å². The van der Waals surface area contributed by atoms with Crippen LogP contribution in [0.5, 0.6) is 0 Å². The molecule has 0 spiro atoms. The molecule has 2 aromatic rings. The second kappa shape index (κ2) is 17.1. The van der Waals surface area contributed by atoms with Crippen molar-refractivity contribution in [2.24, 2.45) is 5.92 Å². The summed E-state index contributed by atoms with van der Waals surface area (Å²) in [7, 11) is 1.27. The van der Waals surface area contributed by atoms with Crippen LogP contribution in [0, 0.1) is 5.92 Å². The smallest absolute Gasteiger partial charge is 0.306 e. The maximum atomic E-state index is 13.3. The first-order chi connectivity index (χ1) is 19.1. The first kappa shape index (κ1) is 32.5. The molecule has 0 saturated carbocycles. The average Bonchev–Trinajstić information content (AvgIpc) is 2.91. The van der Waals surface area contributed by atoms with E-state index < -0.39 is 30.2 Å². The molecule has 218 valence electrons. The predicted octanol–water partition coefficient (Wildman–Crippen LogP) is 2.70. The van der Waals surface area contributed by atoms with Gasteiger partial charge in [-0.25, -0.2) is 0 Å². The van der Waals surface area contributed by atoms with Crippen molar-refractivity contribution in [3.63, 3.8) is 0 Å². The number of carbonyl (C=O) groups is 4. The lowest BCUT2D eigenvalue weighted by molar-refractivity contribution is -0.142. The van der Waals surface area contributed by atoms with Crippen LogP contribution in [0.3, 0.4) is 0 Å². The molecule has 0 bridgehead atoms. The van der Waals surface area contributed by atoms with Gasteiger partial charge in [-0.3, -0.25) is 19.2 Å². The minimum Gasteiger partial charge on any atom is -0.469 e. The summed E-state index contributed by atoms with van der Waals surface area (Å²) >= 11 is 0. The number of aliphatic hydroxyl groups is 1. The van der Waals surface area contributed by atoms with Gasteiger partial charge in [0.15, 0.2) is 0 Å². The number of methoxy groups -OCH3 is 1. The van der Waals surface area contributed by atoms with Gasteiger partial charge in [-0.15, -0.1) is 0 Å². The average molecular weight is 554 g/mol. The summed E-state index contributed by atoms with van der Waals surface area (Å²) in [6.07, 6.45) is 0.322. The number of amides is 3. The van der Waals surface area contributed by atoms with Crippen molar-refractivity contribution in [2.45, 2.75) is 83.5 Å². The van der Waals surface area contributed by atoms with Gasteiger partial charge >= 0.3 is 5.97 Å². The van der Waals surface area contributed by atoms with E-state index in [-0.39, 0.29) is 42.9 Å². The normalized spacial score (nSPS) is 13.9. The molecule has 0 radical (unpaired) electrons. The quantitative estimate of drug-likeness (QED) is 0.236. The Morgan fingerprint density at radius 2 is 1.38 bits per heavy atom. The molecule has 9 nitrogen and oxygen atoms in total. The fourth-order valence-corrected chi connectivity index (χ4v) is 4.55. The van der Waals surface area contributed by atoms with Gasteiger partial charge in [0.2, 0.25) is 17.7 Å². The third kappa shape index (κ3) is 12.4. The fraction of sp³-hybridized carbons (Fsp3) is 0.484. The molecule has 0 aromatic heterocycles. The van der Waals surface area contributed by atoms with E-state index in [0.29, 0.717) is 19.3 Å². The summed E-state index contributed by atoms with van der Waals surface area (Å²) in [5.74, 6) is -1.32. The second-order valence-corrected chi connectivity index (χ2v) is 10.5. The zero-order chi connectivity index (χ0) is 29.5. The molecule has 0 unspecified atom stereocenters. The zero-order valence-electron chi connectivity index (χ0n) is 23.9. The molecule has 2 rings (SSSR count). The van der Waals surface area contributed by atoms with Crippen molar-refractivity contribution in [3.8, 4) is 0 Å². The van der Waals surface area contributed by atoms with Crippen LogP contribution in [-0.2, 0) is 36.8 Å². The zero-order valence-corrected chi connectivity index (χ0v) is 23.9. The summed E-state index contributed by atoms with van der Waals surface area (Å²) in [6.45, 7) is 5.30. The van der Waals surface area contributed by atoms with Crippen LogP contribution in [0.2, 0.25) is 0 Å². The third-order valence-electron chi connectivity index (χ3n) is 6.49. The topological polar surface area (TPSA) is 134 Å². The third-order valence-corrected chi connectivity index (χ3v) is 6.49. The van der Waals surface area contributed by atoms with Crippen molar-refractivity contribution in [1.29, 1.82) is 0 Å². The van der Waals surface area contributed by atoms with Crippen molar-refractivity contribution in [1.82, 2.24) is 16.0 Å². The highest BCUT2D eigenvalue weighted by Gasteiger charge is 2.29. The Labute approximate surface area is 237 Å². The maximum absolute atomic E-state index is 13.3. The number of carbonyl (C=O) groups excluding carboxylic acids is 4. The largest absolute Gasteiger partial charge is 0.469 e. The van der Waals surface area contributed by atoms with Crippen molar-refractivity contribution in [3.05, 3.63) is 71.8 Å². The fourth-order valence-electron chi connectivity index (χ4n) is 4.55. The Kier molecular flexibility index (Phi) is 13.9. The van der Waals surface area contributed by atoms with Crippen LogP contribution in [0.15, 0.2) is 60.7 Å². The van der Waals surface area contributed by atoms with Crippen LogP contribution in [0.1, 0.15) is 57.6 Å². The molecule has 4 atom stereocenters. The highest BCUT2D eigenvalue weighted by atomic mass is 16.5. The van der Waals surface area contributed by atoms with E-state index >= 15 is 0 Å². The Morgan fingerprint density at radius 3 is 1.90 bits per heavy atom. The number of esters is 1. The Balaban J connectivity index is 2.24. The Bertz CT molecular complexity index is 1080. The van der Waals surface area contributed by atoms with Gasteiger partial charge in [-0.1, -0.05) is 74.5 Å². The van der Waals surface area contributed by atoms with Crippen LogP contribution in [-0.4, -0.2) is 60.1 Å². The lowest BCUT2D eigenvalue weighted by atomic mass is 9.93. The molecular formula is C31H43N3O6. The van der Waals surface area contributed by atoms with Crippen LogP contribution >= 0.6 is 0 Å². The Morgan fingerprint density at radius 1 is 0.800 bits per heavy atom. The molecule has 0 saturated heterocycles. The van der Waals surface area contributed by atoms with Gasteiger partial charge in [0.25, 0.3) is 0 Å². The maximum Gasteiger partial charge on any atom is 0.306 e. The molecule has 0 fully saturated rings. The van der Waals surface area contributed by atoms with Gasteiger partial charge in [-0.2, -0.15) is 0 Å². The number of nitrogens with one attached hydrogen (secondary N) is 3. The summed E-state index contributed by atoms with van der Waals surface area (Å²) < 4.78 is 4.63. The van der Waals surface area contributed by atoms with Crippen molar-refractivity contribution < 1.29 is 29.0 Å². The van der Waals surface area contributed by atoms with E-state index in [1.165, 1.54) is 14.0 Å². The summed E-state index contributed by atoms with van der Waals surface area (Å²) in [5.41, 5.74) is 1.90.